The van der Waals surface area contributed by atoms with Crippen molar-refractivity contribution in [2.45, 2.75) is 6.18 Å². The Morgan fingerprint density at radius 2 is 1.78 bits per heavy atom. The van der Waals surface area contributed by atoms with Gasteiger partial charge in [0.15, 0.2) is 0 Å². The van der Waals surface area contributed by atoms with Crippen LogP contribution in [0.25, 0.3) is 0 Å². The van der Waals surface area contributed by atoms with Gasteiger partial charge in [-0.1, -0.05) is 22.8 Å². The number of alkyl halides is 3. The summed E-state index contributed by atoms with van der Waals surface area (Å²) < 4.78 is 50.1. The Morgan fingerprint density at radius 1 is 1.13 bits per heavy atom. The number of hydrogen-bond acceptors (Lipinski definition) is 3. The number of hydrogen-bond donors (Lipinski definition) is 0. The van der Waals surface area contributed by atoms with Gasteiger partial charge in [0.05, 0.1) is 22.4 Å². The third-order valence-corrected chi connectivity index (χ3v) is 3.02. The van der Waals surface area contributed by atoms with Crippen molar-refractivity contribution in [1.82, 2.24) is 0 Å². The quantitative estimate of drug-likeness (QED) is 0.350. The van der Waals surface area contributed by atoms with E-state index >= 15 is 0 Å². The minimum atomic E-state index is -4.48. The second-order valence-electron chi connectivity index (χ2n) is 4.36. The second-order valence-corrected chi connectivity index (χ2v) is 4.77. The summed E-state index contributed by atoms with van der Waals surface area (Å²) in [6, 6.07) is 7.23. The van der Waals surface area contributed by atoms with Gasteiger partial charge < -0.3 is 4.84 Å². The maximum absolute atomic E-state index is 12.9. The zero-order chi connectivity index (χ0) is 17.0. The van der Waals surface area contributed by atoms with E-state index in [1.165, 1.54) is 12.1 Å². The lowest BCUT2D eigenvalue weighted by molar-refractivity contribution is -0.137. The van der Waals surface area contributed by atoms with Gasteiger partial charge in [-0.2, -0.15) is 13.2 Å². The summed E-state index contributed by atoms with van der Waals surface area (Å²) in [5.41, 5.74) is -0.581. The summed E-state index contributed by atoms with van der Waals surface area (Å²) in [5, 5.41) is 3.26. The summed E-state index contributed by atoms with van der Waals surface area (Å²) in [4.78, 5) is 16.2. The molecule has 0 atom stereocenters. The highest BCUT2D eigenvalue weighted by Gasteiger charge is 2.30. The molecule has 0 saturated carbocycles. The molecule has 0 bridgehead atoms. The first kappa shape index (κ1) is 17.0. The van der Waals surface area contributed by atoms with Crippen LogP contribution >= 0.6 is 11.6 Å². The standard InChI is InChI=1S/C15H8ClF4NO2/c16-12-7-9(1-6-13(12)17)8-21-23-14(22)10-2-4-11(5-3-10)15(18,19)20/h1-8H. The molecule has 0 amide bonds. The first-order valence-electron chi connectivity index (χ1n) is 6.14. The highest BCUT2D eigenvalue weighted by Crippen LogP contribution is 2.29. The van der Waals surface area contributed by atoms with Crippen LogP contribution in [0.1, 0.15) is 21.5 Å². The number of nitrogens with zero attached hydrogens (tertiary/aromatic N) is 1. The number of carbonyl (C=O) groups is 1. The molecule has 0 saturated heterocycles. The summed E-state index contributed by atoms with van der Waals surface area (Å²) in [7, 11) is 0. The first-order valence-corrected chi connectivity index (χ1v) is 6.52. The lowest BCUT2D eigenvalue weighted by Gasteiger charge is -2.06. The van der Waals surface area contributed by atoms with Crippen molar-refractivity contribution < 1.29 is 27.2 Å². The molecule has 0 fully saturated rings. The zero-order valence-corrected chi connectivity index (χ0v) is 12.0. The van der Waals surface area contributed by atoms with Crippen LogP contribution in [0, 0.1) is 5.82 Å². The lowest BCUT2D eigenvalue weighted by atomic mass is 10.1. The van der Waals surface area contributed by atoms with Crippen molar-refractivity contribution in [1.29, 1.82) is 0 Å². The zero-order valence-electron chi connectivity index (χ0n) is 11.3. The molecule has 0 N–H and O–H groups in total. The third kappa shape index (κ3) is 4.53. The molecule has 0 aliphatic rings. The SMILES string of the molecule is O=C(ON=Cc1ccc(F)c(Cl)c1)c1ccc(C(F)(F)F)cc1. The predicted molar refractivity (Wildman–Crippen MR) is 75.9 cm³/mol. The van der Waals surface area contributed by atoms with Crippen molar-refractivity contribution >= 4 is 23.8 Å². The van der Waals surface area contributed by atoms with Crippen LogP contribution in [0.5, 0.6) is 0 Å². The van der Waals surface area contributed by atoms with E-state index in [-0.39, 0.29) is 10.6 Å². The summed E-state index contributed by atoms with van der Waals surface area (Å²) >= 11 is 5.57. The molecule has 0 aromatic heterocycles. The topological polar surface area (TPSA) is 38.7 Å². The summed E-state index contributed by atoms with van der Waals surface area (Å²) in [6.45, 7) is 0. The van der Waals surface area contributed by atoms with Crippen LogP contribution in [0.2, 0.25) is 5.02 Å². The maximum atomic E-state index is 12.9. The van der Waals surface area contributed by atoms with Crippen LogP contribution in [0.4, 0.5) is 17.6 Å². The molecule has 2 rings (SSSR count). The Kier molecular flexibility index (Phi) is 5.00. The third-order valence-electron chi connectivity index (χ3n) is 2.73. The van der Waals surface area contributed by atoms with E-state index in [0.29, 0.717) is 5.56 Å². The minimum Gasteiger partial charge on any atom is -0.313 e. The molecule has 0 unspecified atom stereocenters. The van der Waals surface area contributed by atoms with E-state index < -0.39 is 23.5 Å². The molecule has 0 aliphatic heterocycles. The number of benzene rings is 2. The van der Waals surface area contributed by atoms with Crippen LogP contribution in [0.15, 0.2) is 47.6 Å². The van der Waals surface area contributed by atoms with E-state index in [1.54, 1.807) is 0 Å². The van der Waals surface area contributed by atoms with Crippen molar-refractivity contribution in [2.75, 3.05) is 0 Å². The van der Waals surface area contributed by atoms with Crippen molar-refractivity contribution in [3.8, 4) is 0 Å². The number of oxime groups is 1. The molecule has 120 valence electrons. The fourth-order valence-corrected chi connectivity index (χ4v) is 1.76. The van der Waals surface area contributed by atoms with Crippen LogP contribution in [0.3, 0.4) is 0 Å². The van der Waals surface area contributed by atoms with E-state index in [4.69, 9.17) is 11.6 Å². The second kappa shape index (κ2) is 6.78. The fraction of sp³-hybridized carbons (Fsp3) is 0.0667. The molecule has 0 heterocycles. The Hall–Kier alpha value is -2.41. The molecule has 3 nitrogen and oxygen atoms in total. The first-order chi connectivity index (χ1) is 10.8. The van der Waals surface area contributed by atoms with E-state index in [1.807, 2.05) is 0 Å². The van der Waals surface area contributed by atoms with Crippen molar-refractivity contribution in [3.05, 3.63) is 70.0 Å². The van der Waals surface area contributed by atoms with Crippen molar-refractivity contribution in [3.63, 3.8) is 0 Å². The smallest absolute Gasteiger partial charge is 0.313 e. The number of halogens is 5. The van der Waals surface area contributed by atoms with Crippen LogP contribution < -0.4 is 0 Å². The Morgan fingerprint density at radius 3 is 2.35 bits per heavy atom. The van der Waals surface area contributed by atoms with Gasteiger partial charge in [-0.25, -0.2) is 9.18 Å². The van der Waals surface area contributed by atoms with Gasteiger partial charge in [0.25, 0.3) is 0 Å². The van der Waals surface area contributed by atoms with Gasteiger partial charge in [-0.15, -0.1) is 0 Å². The molecule has 23 heavy (non-hydrogen) atoms. The maximum Gasteiger partial charge on any atom is 0.416 e. The van der Waals surface area contributed by atoms with Crippen LogP contribution in [-0.2, 0) is 11.0 Å². The largest absolute Gasteiger partial charge is 0.416 e. The summed E-state index contributed by atoms with van der Waals surface area (Å²) in [6.07, 6.45) is -3.37. The highest BCUT2D eigenvalue weighted by atomic mass is 35.5. The minimum absolute atomic E-state index is 0.0905. The normalized spacial score (nSPS) is 11.7. The highest BCUT2D eigenvalue weighted by molar-refractivity contribution is 6.31. The fourth-order valence-electron chi connectivity index (χ4n) is 1.58. The molecule has 2 aromatic rings. The van der Waals surface area contributed by atoms with Gasteiger partial charge in [-0.05, 0) is 42.0 Å². The van der Waals surface area contributed by atoms with E-state index in [0.717, 1.165) is 36.5 Å². The molecular weight excluding hydrogens is 338 g/mol. The molecule has 8 heteroatoms. The van der Waals surface area contributed by atoms with Gasteiger partial charge >= 0.3 is 12.1 Å². The molecule has 0 spiro atoms. The monoisotopic (exact) mass is 345 g/mol. The number of carbonyl (C=O) groups excluding carboxylic acids is 1. The van der Waals surface area contributed by atoms with Gasteiger partial charge in [-0.3, -0.25) is 0 Å². The molecule has 0 aliphatic carbocycles. The molecular formula is C15H8ClF4NO2. The Labute approximate surface area is 133 Å². The van der Waals surface area contributed by atoms with Crippen LogP contribution in [-0.4, -0.2) is 12.2 Å². The Bertz CT molecular complexity index is 742. The average molecular weight is 346 g/mol. The van der Waals surface area contributed by atoms with Gasteiger partial charge in [0.2, 0.25) is 0 Å². The Balaban J connectivity index is 2.01. The van der Waals surface area contributed by atoms with E-state index in [9.17, 15) is 22.4 Å². The van der Waals surface area contributed by atoms with Crippen molar-refractivity contribution in [2.24, 2.45) is 5.16 Å². The average Bonchev–Trinajstić information content (AvgIpc) is 2.50. The summed E-state index contributed by atoms with van der Waals surface area (Å²) in [5.74, 6) is -1.53. The molecule has 2 aromatic carbocycles. The van der Waals surface area contributed by atoms with Gasteiger partial charge in [0, 0.05) is 0 Å². The molecule has 0 radical (unpaired) electrons. The number of rotatable bonds is 3. The predicted octanol–water partition coefficient (Wildman–Crippen LogP) is 4.69. The lowest BCUT2D eigenvalue weighted by Crippen LogP contribution is -2.06. The van der Waals surface area contributed by atoms with Gasteiger partial charge in [0.1, 0.15) is 5.82 Å². The van der Waals surface area contributed by atoms with E-state index in [2.05, 4.69) is 9.99 Å².